The zero-order valence-electron chi connectivity index (χ0n) is 22.0. The van der Waals surface area contributed by atoms with Gasteiger partial charge in [0.05, 0.1) is 0 Å². The highest BCUT2D eigenvalue weighted by Crippen LogP contribution is 2.40. The van der Waals surface area contributed by atoms with Gasteiger partial charge in [0.2, 0.25) is 5.04 Å². The van der Waals surface area contributed by atoms with Crippen molar-refractivity contribution in [2.75, 3.05) is 5.32 Å². The highest BCUT2D eigenvalue weighted by atomic mass is 32.2. The summed E-state index contributed by atoms with van der Waals surface area (Å²) < 4.78 is -0.909. The predicted molar refractivity (Wildman–Crippen MR) is 158 cm³/mol. The summed E-state index contributed by atoms with van der Waals surface area (Å²) >= 11 is 6.11. The van der Waals surface area contributed by atoms with E-state index in [1.54, 1.807) is 13.8 Å². The molecule has 194 valence electrons. The van der Waals surface area contributed by atoms with Crippen LogP contribution in [0.1, 0.15) is 52.2 Å². The van der Waals surface area contributed by atoms with Crippen LogP contribution in [0.2, 0.25) is 0 Å². The Balaban J connectivity index is 1.95. The Labute approximate surface area is 229 Å². The van der Waals surface area contributed by atoms with Crippen LogP contribution in [0.5, 0.6) is 0 Å². The average Bonchev–Trinajstić information content (AvgIpc) is 2.88. The lowest BCUT2D eigenvalue weighted by molar-refractivity contribution is -0.385. The molecule has 7 heteroatoms. The standard InChI is InChI=1S/C30H34N2O3S2/c1-6-21-12-15-24(16-13-21)31-27(33)26(20(3)22-10-8-7-9-11-22)32-28(36)23-14-17-25(19(2)18-23)37-30(4,5)29(34)35/h7-17,19H,6,18H2,1-5H3,(H,31,33)(H,32,36)(H,34,35)/p+1/b26-20+. The summed E-state index contributed by atoms with van der Waals surface area (Å²) in [5, 5.41) is 13.1. The molecule has 3 rings (SSSR count). The molecule has 0 aliphatic heterocycles. The normalized spacial score (nSPS) is 16.9. The number of hydrogen-bond acceptors (Lipinski definition) is 3. The van der Waals surface area contributed by atoms with E-state index in [-0.39, 0.29) is 11.8 Å². The van der Waals surface area contributed by atoms with E-state index in [1.165, 1.54) is 17.3 Å². The predicted octanol–water partition coefficient (Wildman–Crippen LogP) is 5.47. The van der Waals surface area contributed by atoms with Crippen LogP contribution in [-0.4, -0.2) is 26.8 Å². The number of thioether (sulfide) groups is 1. The van der Waals surface area contributed by atoms with Gasteiger partial charge in [-0.2, -0.15) is 4.99 Å². The maximum Gasteiger partial charge on any atom is 0.320 e. The third-order valence-electron chi connectivity index (χ3n) is 6.33. The van der Waals surface area contributed by atoms with E-state index in [0.29, 0.717) is 17.2 Å². The Morgan fingerprint density at radius 2 is 1.76 bits per heavy atom. The van der Waals surface area contributed by atoms with Gasteiger partial charge in [0, 0.05) is 16.8 Å². The third kappa shape index (κ3) is 7.49. The molecule has 0 heterocycles. The van der Waals surface area contributed by atoms with Gasteiger partial charge >= 0.3 is 11.9 Å². The van der Waals surface area contributed by atoms with Crippen molar-refractivity contribution in [3.05, 3.63) is 94.1 Å². The highest BCUT2D eigenvalue weighted by molar-refractivity contribution is 8.05. The number of amides is 1. The van der Waals surface area contributed by atoms with Crippen LogP contribution in [0, 0.1) is 5.92 Å². The first-order valence-electron chi connectivity index (χ1n) is 12.3. The number of carbonyl (C=O) groups is 2. The van der Waals surface area contributed by atoms with E-state index in [9.17, 15) is 14.7 Å². The summed E-state index contributed by atoms with van der Waals surface area (Å²) in [6.07, 6.45) is 5.52. The number of carboxylic acids is 1. The van der Waals surface area contributed by atoms with E-state index in [2.05, 4.69) is 24.2 Å². The van der Waals surface area contributed by atoms with Crippen LogP contribution in [-0.2, 0) is 16.0 Å². The van der Waals surface area contributed by atoms with E-state index < -0.39 is 10.7 Å². The second-order valence-electron chi connectivity index (χ2n) is 9.63. The molecule has 2 aromatic carbocycles. The zero-order valence-corrected chi connectivity index (χ0v) is 23.7. The fraction of sp³-hybridized carbons (Fsp3) is 0.300. The number of rotatable bonds is 9. The van der Waals surface area contributed by atoms with Crippen molar-refractivity contribution in [3.8, 4) is 0 Å². The number of nitrogens with one attached hydrogen (secondary N) is 2. The lowest BCUT2D eigenvalue weighted by Gasteiger charge is -2.26. The molecule has 2 aromatic rings. The van der Waals surface area contributed by atoms with Crippen molar-refractivity contribution in [1.82, 2.24) is 0 Å². The zero-order chi connectivity index (χ0) is 27.2. The number of benzene rings is 2. The third-order valence-corrected chi connectivity index (χ3v) is 8.18. The summed E-state index contributed by atoms with van der Waals surface area (Å²) in [6.45, 7) is 9.50. The maximum absolute atomic E-state index is 13.5. The molecule has 1 aliphatic carbocycles. The molecule has 0 saturated heterocycles. The van der Waals surface area contributed by atoms with E-state index in [4.69, 9.17) is 12.6 Å². The van der Waals surface area contributed by atoms with Crippen LogP contribution in [0.3, 0.4) is 0 Å². The fourth-order valence-electron chi connectivity index (χ4n) is 3.86. The number of carbonyl (C=O) groups excluding carboxylic acids is 1. The van der Waals surface area contributed by atoms with Gasteiger partial charge in [-0.25, -0.2) is 0 Å². The van der Waals surface area contributed by atoms with Gasteiger partial charge in [0.15, 0.2) is 0 Å². The number of hydrogen-bond donors (Lipinski definition) is 4. The minimum absolute atomic E-state index is 0.126. The first-order valence-corrected chi connectivity index (χ1v) is 13.6. The molecule has 0 fully saturated rings. The van der Waals surface area contributed by atoms with Gasteiger partial charge in [-0.1, -0.05) is 81.1 Å². The summed E-state index contributed by atoms with van der Waals surface area (Å²) in [6, 6.07) is 17.6. The molecule has 5 nitrogen and oxygen atoms in total. The quantitative estimate of drug-likeness (QED) is 0.149. The van der Waals surface area contributed by atoms with E-state index in [1.807, 2.05) is 73.7 Å². The number of carboxylic acid groups (broad SMARTS) is 1. The van der Waals surface area contributed by atoms with Gasteiger partial charge in [-0.15, -0.1) is 11.8 Å². The second-order valence-corrected chi connectivity index (χ2v) is 11.8. The number of aliphatic carboxylic acids is 1. The molecule has 0 saturated carbocycles. The number of thiol groups is 1. The molecule has 1 unspecified atom stereocenters. The molecule has 1 amide bonds. The minimum atomic E-state index is -0.909. The fourth-order valence-corrected chi connectivity index (χ4v) is 5.24. The van der Waals surface area contributed by atoms with Crippen molar-refractivity contribution >= 4 is 52.6 Å². The first-order chi connectivity index (χ1) is 17.5. The van der Waals surface area contributed by atoms with Gasteiger partial charge < -0.3 is 10.4 Å². The van der Waals surface area contributed by atoms with E-state index >= 15 is 0 Å². The van der Waals surface area contributed by atoms with Crippen molar-refractivity contribution in [3.63, 3.8) is 0 Å². The number of aryl methyl sites for hydroxylation is 1. The van der Waals surface area contributed by atoms with Gasteiger partial charge in [0.25, 0.3) is 5.70 Å². The molecular weight excluding hydrogens is 500 g/mol. The van der Waals surface area contributed by atoms with Crippen molar-refractivity contribution in [2.45, 2.75) is 52.2 Å². The highest BCUT2D eigenvalue weighted by Gasteiger charge is 2.32. The number of anilines is 1. The summed E-state index contributed by atoms with van der Waals surface area (Å²) in [5.41, 5.74) is 5.03. The van der Waals surface area contributed by atoms with Gasteiger partial charge in [-0.3, -0.25) is 9.59 Å². The van der Waals surface area contributed by atoms with Crippen LogP contribution in [0.25, 0.3) is 5.57 Å². The number of allylic oxidation sites excluding steroid dienone is 4. The Kier molecular flexibility index (Phi) is 9.62. The molecule has 0 radical (unpaired) electrons. The van der Waals surface area contributed by atoms with Gasteiger partial charge in [0.1, 0.15) is 4.75 Å². The largest absolute Gasteiger partial charge is 0.480 e. The van der Waals surface area contributed by atoms with Crippen molar-refractivity contribution in [2.24, 2.45) is 5.92 Å². The molecular formula is C30H35N2O3S2+. The Hall–Kier alpha value is -3.03. The van der Waals surface area contributed by atoms with Crippen LogP contribution in [0.4, 0.5) is 5.69 Å². The lowest BCUT2D eigenvalue weighted by Crippen LogP contribution is -2.73. The van der Waals surface area contributed by atoms with Crippen LogP contribution >= 0.6 is 24.4 Å². The van der Waals surface area contributed by atoms with Gasteiger partial charge in [-0.05, 0) is 67.7 Å². The maximum atomic E-state index is 13.5. The molecule has 3 N–H and O–H groups in total. The minimum Gasteiger partial charge on any atom is -0.480 e. The van der Waals surface area contributed by atoms with Crippen molar-refractivity contribution in [1.29, 1.82) is 0 Å². The summed E-state index contributed by atoms with van der Waals surface area (Å²) in [4.78, 5) is 29.3. The lowest BCUT2D eigenvalue weighted by atomic mass is 9.96. The average molecular weight is 536 g/mol. The van der Waals surface area contributed by atoms with Crippen LogP contribution in [0.15, 0.2) is 82.9 Å². The first kappa shape index (κ1) is 28.5. The molecule has 37 heavy (non-hydrogen) atoms. The Morgan fingerprint density at radius 1 is 1.11 bits per heavy atom. The second kappa shape index (κ2) is 12.5. The molecule has 0 bridgehead atoms. The summed E-state index contributed by atoms with van der Waals surface area (Å²) in [7, 11) is 0. The SMILES string of the molecule is CCc1ccc(NC(=O)/C([NH+]=C(S)C2=CC=C(SC(C)(C)C(=O)O)C(C)C2)=C(/C)c2ccccc2)cc1. The monoisotopic (exact) mass is 535 g/mol. The smallest absolute Gasteiger partial charge is 0.320 e. The van der Waals surface area contributed by atoms with E-state index in [0.717, 1.165) is 33.7 Å². The Morgan fingerprint density at radius 3 is 2.32 bits per heavy atom. The molecule has 0 spiro atoms. The molecule has 1 atom stereocenters. The topological polar surface area (TPSA) is 80.4 Å². The van der Waals surface area contributed by atoms with Crippen LogP contribution < -0.4 is 10.3 Å². The van der Waals surface area contributed by atoms with Crippen molar-refractivity contribution < 1.29 is 19.7 Å². The Bertz CT molecular complexity index is 1270. The molecule has 1 aliphatic rings. The summed E-state index contributed by atoms with van der Waals surface area (Å²) in [5.74, 6) is -0.970. The molecule has 0 aromatic heterocycles.